The van der Waals surface area contributed by atoms with E-state index in [9.17, 15) is 9.18 Å². The van der Waals surface area contributed by atoms with Gasteiger partial charge in [-0.15, -0.1) is 0 Å². The van der Waals surface area contributed by atoms with E-state index in [1.165, 1.54) is 0 Å². The number of halogens is 1. The van der Waals surface area contributed by atoms with Gasteiger partial charge >= 0.3 is 0 Å². The fourth-order valence-corrected chi connectivity index (χ4v) is 1.62. The predicted molar refractivity (Wildman–Crippen MR) is 50.3 cm³/mol. The molecule has 0 bridgehead atoms. The minimum absolute atomic E-state index is 0.258. The molecule has 74 valence electrons. The number of carbonyl (C=O) groups is 1. The van der Waals surface area contributed by atoms with Gasteiger partial charge in [0.25, 0.3) is 0 Å². The van der Waals surface area contributed by atoms with E-state index in [1.54, 1.807) is 31.4 Å². The number of benzene rings is 1. The SMILES string of the molecule is COc1ccc(C2CC2(F)C=O)cc1. The normalized spacial score (nSPS) is 29.7. The van der Waals surface area contributed by atoms with Gasteiger partial charge in [-0.1, -0.05) is 12.1 Å². The van der Waals surface area contributed by atoms with Gasteiger partial charge in [0, 0.05) is 5.92 Å². The van der Waals surface area contributed by atoms with E-state index in [4.69, 9.17) is 4.74 Å². The Bertz CT molecular complexity index is 347. The quantitative estimate of drug-likeness (QED) is 0.689. The van der Waals surface area contributed by atoms with Crippen LogP contribution in [0.3, 0.4) is 0 Å². The third-order valence-electron chi connectivity index (χ3n) is 2.65. The van der Waals surface area contributed by atoms with Crippen LogP contribution in [-0.2, 0) is 4.79 Å². The lowest BCUT2D eigenvalue weighted by atomic mass is 10.1. The number of rotatable bonds is 3. The first-order valence-electron chi connectivity index (χ1n) is 4.49. The molecule has 1 aromatic carbocycles. The highest BCUT2D eigenvalue weighted by Crippen LogP contribution is 2.53. The van der Waals surface area contributed by atoms with Crippen molar-refractivity contribution in [2.24, 2.45) is 0 Å². The molecule has 3 heteroatoms. The number of ether oxygens (including phenoxy) is 1. The molecular formula is C11H11FO2. The van der Waals surface area contributed by atoms with Crippen LogP contribution in [0, 0.1) is 0 Å². The van der Waals surface area contributed by atoms with Gasteiger partial charge in [0.1, 0.15) is 5.75 Å². The van der Waals surface area contributed by atoms with Crippen molar-refractivity contribution in [2.45, 2.75) is 18.0 Å². The van der Waals surface area contributed by atoms with Gasteiger partial charge in [-0.25, -0.2) is 4.39 Å². The fourth-order valence-electron chi connectivity index (χ4n) is 1.62. The molecule has 0 radical (unpaired) electrons. The monoisotopic (exact) mass is 194 g/mol. The van der Waals surface area contributed by atoms with E-state index in [0.29, 0.717) is 12.7 Å². The summed E-state index contributed by atoms with van der Waals surface area (Å²) >= 11 is 0. The Morgan fingerprint density at radius 1 is 1.50 bits per heavy atom. The lowest BCUT2D eigenvalue weighted by Crippen LogP contribution is -2.04. The highest BCUT2D eigenvalue weighted by atomic mass is 19.1. The maximum atomic E-state index is 13.4. The molecule has 2 unspecified atom stereocenters. The Kier molecular flexibility index (Phi) is 2.02. The number of alkyl halides is 1. The first kappa shape index (κ1) is 9.19. The molecule has 0 aliphatic heterocycles. The van der Waals surface area contributed by atoms with E-state index >= 15 is 0 Å². The summed E-state index contributed by atoms with van der Waals surface area (Å²) in [6, 6.07) is 7.15. The third-order valence-corrected chi connectivity index (χ3v) is 2.65. The van der Waals surface area contributed by atoms with Crippen molar-refractivity contribution >= 4 is 6.29 Å². The van der Waals surface area contributed by atoms with Crippen LogP contribution >= 0.6 is 0 Å². The minimum Gasteiger partial charge on any atom is -0.497 e. The highest BCUT2D eigenvalue weighted by Gasteiger charge is 2.56. The predicted octanol–water partition coefficient (Wildman–Crippen LogP) is 2.09. The van der Waals surface area contributed by atoms with Crippen molar-refractivity contribution in [2.75, 3.05) is 7.11 Å². The molecule has 0 aromatic heterocycles. The summed E-state index contributed by atoms with van der Waals surface area (Å²) in [5.41, 5.74) is -0.755. The first-order valence-corrected chi connectivity index (χ1v) is 4.49. The van der Waals surface area contributed by atoms with Gasteiger partial charge in [-0.05, 0) is 24.1 Å². The molecule has 2 rings (SSSR count). The second-order valence-electron chi connectivity index (χ2n) is 3.57. The Morgan fingerprint density at radius 3 is 2.57 bits per heavy atom. The average molecular weight is 194 g/mol. The standard InChI is InChI=1S/C11H11FO2/c1-14-9-4-2-8(3-5-9)10-6-11(10,12)7-13/h2-5,7,10H,6H2,1H3. The Morgan fingerprint density at radius 2 is 2.14 bits per heavy atom. The number of hydrogen-bond donors (Lipinski definition) is 0. The Hall–Kier alpha value is -1.38. The van der Waals surface area contributed by atoms with Crippen molar-refractivity contribution < 1.29 is 13.9 Å². The van der Waals surface area contributed by atoms with Crippen LogP contribution in [0.25, 0.3) is 0 Å². The van der Waals surface area contributed by atoms with Crippen LogP contribution in [-0.4, -0.2) is 19.1 Å². The lowest BCUT2D eigenvalue weighted by Gasteiger charge is -2.02. The van der Waals surface area contributed by atoms with Crippen LogP contribution in [0.4, 0.5) is 4.39 Å². The fraction of sp³-hybridized carbons (Fsp3) is 0.364. The second-order valence-corrected chi connectivity index (χ2v) is 3.57. The van der Waals surface area contributed by atoms with Crippen molar-refractivity contribution in [1.29, 1.82) is 0 Å². The summed E-state index contributed by atoms with van der Waals surface area (Å²) in [5, 5.41) is 0. The van der Waals surface area contributed by atoms with Gasteiger partial charge in [-0.2, -0.15) is 0 Å². The van der Waals surface area contributed by atoms with Gasteiger partial charge in [0.15, 0.2) is 12.0 Å². The molecule has 0 saturated heterocycles. The molecule has 1 aromatic rings. The molecule has 1 aliphatic rings. The zero-order valence-corrected chi connectivity index (χ0v) is 7.87. The van der Waals surface area contributed by atoms with Gasteiger partial charge < -0.3 is 4.74 Å². The summed E-state index contributed by atoms with van der Waals surface area (Å²) in [6.07, 6.45) is 0.713. The van der Waals surface area contributed by atoms with E-state index < -0.39 is 5.67 Å². The number of aldehydes is 1. The number of carbonyl (C=O) groups excluding carboxylic acids is 1. The van der Waals surface area contributed by atoms with Crippen molar-refractivity contribution in [3.8, 4) is 5.75 Å². The molecule has 0 heterocycles. The largest absolute Gasteiger partial charge is 0.497 e. The summed E-state index contributed by atoms with van der Waals surface area (Å²) in [4.78, 5) is 10.4. The van der Waals surface area contributed by atoms with Crippen LogP contribution in [0.15, 0.2) is 24.3 Å². The van der Waals surface area contributed by atoms with Crippen LogP contribution in [0.2, 0.25) is 0 Å². The summed E-state index contributed by atoms with van der Waals surface area (Å²) in [6.45, 7) is 0. The van der Waals surface area contributed by atoms with Gasteiger partial charge in [-0.3, -0.25) is 4.79 Å². The molecule has 0 amide bonds. The first-order chi connectivity index (χ1) is 6.69. The maximum Gasteiger partial charge on any atom is 0.173 e. The Balaban J connectivity index is 2.16. The molecule has 1 fully saturated rings. The van der Waals surface area contributed by atoms with Crippen LogP contribution in [0.5, 0.6) is 5.75 Å². The highest BCUT2D eigenvalue weighted by molar-refractivity contribution is 5.71. The van der Waals surface area contributed by atoms with Crippen LogP contribution < -0.4 is 4.74 Å². The maximum absolute atomic E-state index is 13.4. The zero-order valence-electron chi connectivity index (χ0n) is 7.87. The molecule has 2 nitrogen and oxygen atoms in total. The van der Waals surface area contributed by atoms with E-state index in [2.05, 4.69) is 0 Å². The minimum atomic E-state index is -1.62. The van der Waals surface area contributed by atoms with Crippen molar-refractivity contribution in [3.63, 3.8) is 0 Å². The molecular weight excluding hydrogens is 183 g/mol. The molecule has 1 aliphatic carbocycles. The summed E-state index contributed by atoms with van der Waals surface area (Å²) in [5.74, 6) is 0.482. The molecule has 14 heavy (non-hydrogen) atoms. The molecule has 2 atom stereocenters. The topological polar surface area (TPSA) is 26.3 Å². The zero-order chi connectivity index (χ0) is 10.2. The third kappa shape index (κ3) is 1.39. The van der Waals surface area contributed by atoms with Gasteiger partial charge in [0.2, 0.25) is 0 Å². The molecule has 0 N–H and O–H groups in total. The van der Waals surface area contributed by atoms with Crippen molar-refractivity contribution in [3.05, 3.63) is 29.8 Å². The van der Waals surface area contributed by atoms with Gasteiger partial charge in [0.05, 0.1) is 7.11 Å². The number of methoxy groups -OCH3 is 1. The smallest absolute Gasteiger partial charge is 0.173 e. The van der Waals surface area contributed by atoms with Crippen molar-refractivity contribution in [1.82, 2.24) is 0 Å². The number of hydrogen-bond acceptors (Lipinski definition) is 2. The molecule has 0 spiro atoms. The summed E-state index contributed by atoms with van der Waals surface area (Å²) < 4.78 is 18.3. The van der Waals surface area contributed by atoms with E-state index in [0.717, 1.165) is 11.3 Å². The van der Waals surface area contributed by atoms with E-state index in [-0.39, 0.29) is 5.92 Å². The molecule has 1 saturated carbocycles. The lowest BCUT2D eigenvalue weighted by molar-refractivity contribution is -0.113. The average Bonchev–Trinajstić information content (AvgIpc) is 2.92. The summed E-state index contributed by atoms with van der Waals surface area (Å²) in [7, 11) is 1.58. The Labute approximate surface area is 81.7 Å². The van der Waals surface area contributed by atoms with Crippen LogP contribution in [0.1, 0.15) is 17.9 Å². The van der Waals surface area contributed by atoms with E-state index in [1.807, 2.05) is 0 Å². The second kappa shape index (κ2) is 3.08.